The minimum atomic E-state index is -0.610. The molecule has 102 valence electrons. The minimum absolute atomic E-state index is 0.420. The Balaban J connectivity index is 2.03. The number of aliphatic hydroxyl groups excluding tert-OH is 1. The van der Waals surface area contributed by atoms with Gasteiger partial charge in [-0.3, -0.25) is 0 Å². The van der Waals surface area contributed by atoms with E-state index >= 15 is 0 Å². The molecule has 0 bridgehead atoms. The molecule has 20 heavy (non-hydrogen) atoms. The second-order valence-electron chi connectivity index (χ2n) is 4.54. The standard InChI is InChI=1S/C16H15BrN2O/c1-11-14(17)3-2-4-15(11)19-10-16(20)13-7-5-12(9-18)6-8-13/h2-8,16,19-20H,10H2,1H3. The third-order valence-corrected chi connectivity index (χ3v) is 4.04. The number of nitrogens with one attached hydrogen (secondary N) is 1. The molecule has 2 rings (SSSR count). The first kappa shape index (κ1) is 14.6. The number of aliphatic hydroxyl groups is 1. The lowest BCUT2D eigenvalue weighted by atomic mass is 10.1. The zero-order valence-electron chi connectivity index (χ0n) is 11.1. The first-order valence-corrected chi connectivity index (χ1v) is 7.08. The number of nitrogens with zero attached hydrogens (tertiary/aromatic N) is 1. The van der Waals surface area contributed by atoms with Crippen molar-refractivity contribution in [2.75, 3.05) is 11.9 Å². The van der Waals surface area contributed by atoms with Gasteiger partial charge in [-0.1, -0.05) is 34.1 Å². The monoisotopic (exact) mass is 330 g/mol. The maximum absolute atomic E-state index is 10.1. The van der Waals surface area contributed by atoms with Crippen molar-refractivity contribution < 1.29 is 5.11 Å². The molecule has 0 saturated carbocycles. The van der Waals surface area contributed by atoms with Crippen LogP contribution in [-0.2, 0) is 0 Å². The van der Waals surface area contributed by atoms with Crippen molar-refractivity contribution in [2.24, 2.45) is 0 Å². The van der Waals surface area contributed by atoms with Crippen molar-refractivity contribution in [2.45, 2.75) is 13.0 Å². The maximum Gasteiger partial charge on any atom is 0.0991 e. The Morgan fingerprint density at radius 1 is 1.25 bits per heavy atom. The molecule has 0 aromatic heterocycles. The summed E-state index contributed by atoms with van der Waals surface area (Å²) in [5.41, 5.74) is 3.49. The van der Waals surface area contributed by atoms with Gasteiger partial charge in [0, 0.05) is 16.7 Å². The van der Waals surface area contributed by atoms with Crippen LogP contribution in [-0.4, -0.2) is 11.7 Å². The van der Waals surface area contributed by atoms with Gasteiger partial charge in [0.1, 0.15) is 0 Å². The zero-order valence-corrected chi connectivity index (χ0v) is 12.7. The average Bonchev–Trinajstić information content (AvgIpc) is 2.48. The fourth-order valence-corrected chi connectivity index (χ4v) is 2.27. The lowest BCUT2D eigenvalue weighted by Crippen LogP contribution is -2.12. The van der Waals surface area contributed by atoms with Crippen LogP contribution >= 0.6 is 15.9 Å². The van der Waals surface area contributed by atoms with Gasteiger partial charge in [0.25, 0.3) is 0 Å². The van der Waals surface area contributed by atoms with E-state index in [1.807, 2.05) is 25.1 Å². The van der Waals surface area contributed by atoms with Crippen LogP contribution in [0.4, 0.5) is 5.69 Å². The van der Waals surface area contributed by atoms with Gasteiger partial charge in [-0.2, -0.15) is 5.26 Å². The summed E-state index contributed by atoms with van der Waals surface area (Å²) in [7, 11) is 0. The lowest BCUT2D eigenvalue weighted by Gasteiger charge is -2.15. The summed E-state index contributed by atoms with van der Waals surface area (Å²) >= 11 is 3.48. The lowest BCUT2D eigenvalue weighted by molar-refractivity contribution is 0.191. The van der Waals surface area contributed by atoms with E-state index < -0.39 is 6.10 Å². The highest BCUT2D eigenvalue weighted by Gasteiger charge is 2.08. The molecule has 0 aliphatic carbocycles. The molecule has 0 amide bonds. The highest BCUT2D eigenvalue weighted by Crippen LogP contribution is 2.24. The van der Waals surface area contributed by atoms with Crippen molar-refractivity contribution >= 4 is 21.6 Å². The Kier molecular flexibility index (Phi) is 4.78. The largest absolute Gasteiger partial charge is 0.387 e. The molecule has 2 aromatic rings. The van der Waals surface area contributed by atoms with Crippen molar-refractivity contribution in [3.05, 3.63) is 63.6 Å². The number of benzene rings is 2. The number of hydrogen-bond acceptors (Lipinski definition) is 3. The molecule has 0 fully saturated rings. The summed E-state index contributed by atoms with van der Waals surface area (Å²) in [6.07, 6.45) is -0.610. The van der Waals surface area contributed by atoms with E-state index in [9.17, 15) is 5.11 Å². The van der Waals surface area contributed by atoms with E-state index in [0.717, 1.165) is 21.3 Å². The fraction of sp³-hybridized carbons (Fsp3) is 0.188. The van der Waals surface area contributed by atoms with Crippen LogP contribution in [0.3, 0.4) is 0 Å². The van der Waals surface area contributed by atoms with E-state index in [1.165, 1.54) is 0 Å². The van der Waals surface area contributed by atoms with Gasteiger partial charge >= 0.3 is 0 Å². The molecule has 0 aliphatic heterocycles. The van der Waals surface area contributed by atoms with E-state index in [4.69, 9.17) is 5.26 Å². The van der Waals surface area contributed by atoms with Crippen molar-refractivity contribution in [1.82, 2.24) is 0 Å². The maximum atomic E-state index is 10.1. The summed E-state index contributed by atoms with van der Waals surface area (Å²) in [5.74, 6) is 0. The van der Waals surface area contributed by atoms with E-state index in [0.29, 0.717) is 12.1 Å². The van der Waals surface area contributed by atoms with Crippen LogP contribution < -0.4 is 5.32 Å². The van der Waals surface area contributed by atoms with Crippen molar-refractivity contribution in [3.8, 4) is 6.07 Å². The first-order valence-electron chi connectivity index (χ1n) is 6.29. The summed E-state index contributed by atoms with van der Waals surface area (Å²) in [6.45, 7) is 2.43. The molecule has 0 saturated heterocycles. The third kappa shape index (κ3) is 3.38. The normalized spacial score (nSPS) is 11.7. The Labute approximate surface area is 127 Å². The Morgan fingerprint density at radius 2 is 1.95 bits per heavy atom. The summed E-state index contributed by atoms with van der Waals surface area (Å²) < 4.78 is 1.04. The van der Waals surface area contributed by atoms with Crippen LogP contribution in [0.5, 0.6) is 0 Å². The molecule has 0 radical (unpaired) electrons. The molecular formula is C16H15BrN2O. The SMILES string of the molecule is Cc1c(Br)cccc1NCC(O)c1ccc(C#N)cc1. The summed E-state index contributed by atoms with van der Waals surface area (Å²) in [5, 5.41) is 22.1. The Morgan fingerprint density at radius 3 is 2.60 bits per heavy atom. The zero-order chi connectivity index (χ0) is 14.5. The minimum Gasteiger partial charge on any atom is -0.387 e. The number of nitriles is 1. The van der Waals surface area contributed by atoms with Crippen LogP contribution in [0.15, 0.2) is 46.9 Å². The van der Waals surface area contributed by atoms with Crippen LogP contribution in [0.25, 0.3) is 0 Å². The molecule has 0 spiro atoms. The Hall–Kier alpha value is -1.83. The average molecular weight is 331 g/mol. The number of rotatable bonds is 4. The Bertz CT molecular complexity index is 632. The molecule has 2 N–H and O–H groups in total. The van der Waals surface area contributed by atoms with Crippen LogP contribution in [0.1, 0.15) is 22.8 Å². The molecule has 1 atom stereocenters. The second kappa shape index (κ2) is 6.56. The number of halogens is 1. The second-order valence-corrected chi connectivity index (χ2v) is 5.40. The summed E-state index contributed by atoms with van der Waals surface area (Å²) in [6, 6.07) is 15.0. The summed E-state index contributed by atoms with van der Waals surface area (Å²) in [4.78, 5) is 0. The highest BCUT2D eigenvalue weighted by molar-refractivity contribution is 9.10. The van der Waals surface area contributed by atoms with E-state index in [2.05, 4.69) is 27.3 Å². The molecule has 0 heterocycles. The molecule has 1 unspecified atom stereocenters. The van der Waals surface area contributed by atoms with Gasteiger partial charge < -0.3 is 10.4 Å². The smallest absolute Gasteiger partial charge is 0.0991 e. The van der Waals surface area contributed by atoms with Gasteiger partial charge in [0.05, 0.1) is 17.7 Å². The molecule has 4 heteroatoms. The van der Waals surface area contributed by atoms with Crippen molar-refractivity contribution in [1.29, 1.82) is 5.26 Å². The molecular weight excluding hydrogens is 316 g/mol. The van der Waals surface area contributed by atoms with E-state index in [-0.39, 0.29) is 0 Å². The molecule has 2 aromatic carbocycles. The van der Waals surface area contributed by atoms with Gasteiger partial charge in [0.2, 0.25) is 0 Å². The first-order chi connectivity index (χ1) is 9.61. The van der Waals surface area contributed by atoms with Crippen LogP contribution in [0.2, 0.25) is 0 Å². The van der Waals surface area contributed by atoms with Gasteiger partial charge in [-0.05, 0) is 42.3 Å². The highest BCUT2D eigenvalue weighted by atomic mass is 79.9. The molecule has 3 nitrogen and oxygen atoms in total. The van der Waals surface area contributed by atoms with Gasteiger partial charge in [-0.25, -0.2) is 0 Å². The predicted molar refractivity (Wildman–Crippen MR) is 83.5 cm³/mol. The van der Waals surface area contributed by atoms with E-state index in [1.54, 1.807) is 24.3 Å². The van der Waals surface area contributed by atoms with Gasteiger partial charge in [-0.15, -0.1) is 0 Å². The van der Waals surface area contributed by atoms with Gasteiger partial charge in [0.15, 0.2) is 0 Å². The van der Waals surface area contributed by atoms with Crippen molar-refractivity contribution in [3.63, 3.8) is 0 Å². The third-order valence-electron chi connectivity index (χ3n) is 3.18. The number of anilines is 1. The van der Waals surface area contributed by atoms with Crippen LogP contribution in [0, 0.1) is 18.3 Å². The fourth-order valence-electron chi connectivity index (χ4n) is 1.90. The number of hydrogen-bond donors (Lipinski definition) is 2. The molecule has 0 aliphatic rings. The quantitative estimate of drug-likeness (QED) is 0.897. The topological polar surface area (TPSA) is 56.0 Å². The predicted octanol–water partition coefficient (Wildman–Crippen LogP) is 3.77.